The van der Waals surface area contributed by atoms with E-state index in [-0.39, 0.29) is 0 Å². The van der Waals surface area contributed by atoms with Crippen molar-refractivity contribution >= 4 is 6.08 Å². The summed E-state index contributed by atoms with van der Waals surface area (Å²) in [4.78, 5) is 0. The fraction of sp³-hybridized carbons (Fsp3) is 0.333. The van der Waals surface area contributed by atoms with Crippen LogP contribution in [0, 0.1) is 5.92 Å². The normalized spacial score (nSPS) is 17.9. The summed E-state index contributed by atoms with van der Waals surface area (Å²) in [6.07, 6.45) is 5.10. The molecule has 0 aliphatic heterocycles. The molecule has 1 fully saturated rings. The molecule has 1 aromatic carbocycles. The van der Waals surface area contributed by atoms with Crippen molar-refractivity contribution in [3.8, 4) is 0 Å². The third kappa shape index (κ3) is 1.76. The van der Waals surface area contributed by atoms with E-state index in [9.17, 15) is 0 Å². The van der Waals surface area contributed by atoms with E-state index in [1.165, 1.54) is 18.4 Å². The predicted octanol–water partition coefficient (Wildman–Crippen LogP) is 3.50. The van der Waals surface area contributed by atoms with Crippen LogP contribution in [0.1, 0.15) is 25.3 Å². The lowest BCUT2D eigenvalue weighted by Crippen LogP contribution is -1.78. The zero-order valence-electron chi connectivity index (χ0n) is 7.46. The van der Waals surface area contributed by atoms with Gasteiger partial charge in [0.15, 0.2) is 0 Å². The molecule has 2 rings (SSSR count). The molecule has 0 unspecified atom stereocenters. The van der Waals surface area contributed by atoms with Crippen LogP contribution in [-0.4, -0.2) is 0 Å². The maximum atomic E-state index is 2.30. The molecule has 62 valence electrons. The van der Waals surface area contributed by atoms with Crippen molar-refractivity contribution in [1.82, 2.24) is 0 Å². The fourth-order valence-corrected chi connectivity index (χ4v) is 1.47. The van der Waals surface area contributed by atoms with Crippen molar-refractivity contribution in [2.75, 3.05) is 0 Å². The Morgan fingerprint density at radius 3 is 2.50 bits per heavy atom. The largest absolute Gasteiger partial charge is 0.0696 e. The van der Waals surface area contributed by atoms with E-state index < -0.39 is 0 Å². The minimum Gasteiger partial charge on any atom is -0.0696 e. The highest BCUT2D eigenvalue weighted by molar-refractivity contribution is 5.53. The maximum Gasteiger partial charge on any atom is -0.0202 e. The monoisotopic (exact) mass is 158 g/mol. The average Bonchev–Trinajstić information content (AvgIpc) is 2.88. The van der Waals surface area contributed by atoms with E-state index in [0.717, 1.165) is 5.92 Å². The summed E-state index contributed by atoms with van der Waals surface area (Å²) < 4.78 is 0. The summed E-state index contributed by atoms with van der Waals surface area (Å²) in [6, 6.07) is 10.6. The lowest BCUT2D eigenvalue weighted by atomic mass is 10.1. The van der Waals surface area contributed by atoms with Gasteiger partial charge in [-0.15, -0.1) is 0 Å². The Morgan fingerprint density at radius 1 is 1.25 bits per heavy atom. The molecular weight excluding hydrogens is 144 g/mol. The highest BCUT2D eigenvalue weighted by atomic mass is 14.3. The minimum absolute atomic E-state index is 0.894. The molecule has 0 radical (unpaired) electrons. The van der Waals surface area contributed by atoms with E-state index in [4.69, 9.17) is 0 Å². The summed E-state index contributed by atoms with van der Waals surface area (Å²) in [5.74, 6) is 0.894. The van der Waals surface area contributed by atoms with Crippen LogP contribution < -0.4 is 0 Å². The van der Waals surface area contributed by atoms with Gasteiger partial charge in [0.2, 0.25) is 0 Å². The van der Waals surface area contributed by atoms with Gasteiger partial charge < -0.3 is 0 Å². The van der Waals surface area contributed by atoms with Crippen LogP contribution in [0.2, 0.25) is 0 Å². The average molecular weight is 158 g/mol. The van der Waals surface area contributed by atoms with Crippen LogP contribution in [-0.2, 0) is 0 Å². The van der Waals surface area contributed by atoms with Gasteiger partial charge in [0.05, 0.1) is 0 Å². The van der Waals surface area contributed by atoms with Crippen LogP contribution in [0.4, 0.5) is 0 Å². The minimum atomic E-state index is 0.894. The van der Waals surface area contributed by atoms with Gasteiger partial charge in [0.1, 0.15) is 0 Å². The summed E-state index contributed by atoms with van der Waals surface area (Å²) in [5.41, 5.74) is 2.88. The highest BCUT2D eigenvalue weighted by Gasteiger charge is 2.22. The van der Waals surface area contributed by atoms with Crippen molar-refractivity contribution in [3.63, 3.8) is 0 Å². The third-order valence-corrected chi connectivity index (χ3v) is 2.42. The maximum absolute atomic E-state index is 2.30. The summed E-state index contributed by atoms with van der Waals surface area (Å²) in [5, 5.41) is 0. The first-order valence-corrected chi connectivity index (χ1v) is 4.59. The molecule has 0 bridgehead atoms. The van der Waals surface area contributed by atoms with Crippen molar-refractivity contribution in [1.29, 1.82) is 0 Å². The molecule has 0 aromatic heterocycles. The number of allylic oxidation sites excluding steroid dienone is 1. The Balaban J connectivity index is 2.15. The fourth-order valence-electron chi connectivity index (χ4n) is 1.47. The standard InChI is InChI=1S/C12H14/c1-10(12-7-8-12)9-11-5-3-2-4-6-11/h2-6,9,12H,7-8H2,1H3. The lowest BCUT2D eigenvalue weighted by Gasteiger charge is -1.96. The second kappa shape index (κ2) is 3.14. The zero-order valence-corrected chi connectivity index (χ0v) is 7.46. The molecule has 0 amide bonds. The summed E-state index contributed by atoms with van der Waals surface area (Å²) in [7, 11) is 0. The topological polar surface area (TPSA) is 0 Å². The van der Waals surface area contributed by atoms with Crippen LogP contribution >= 0.6 is 0 Å². The number of hydrogen-bond acceptors (Lipinski definition) is 0. The Bertz CT molecular complexity index is 278. The van der Waals surface area contributed by atoms with Crippen LogP contribution in [0.25, 0.3) is 6.08 Å². The Kier molecular flexibility index (Phi) is 1.99. The second-order valence-electron chi connectivity index (χ2n) is 3.57. The van der Waals surface area contributed by atoms with E-state index >= 15 is 0 Å². The van der Waals surface area contributed by atoms with Gasteiger partial charge in [0, 0.05) is 0 Å². The van der Waals surface area contributed by atoms with E-state index in [1.54, 1.807) is 5.57 Å². The number of hydrogen-bond donors (Lipinski definition) is 0. The molecule has 1 aliphatic rings. The third-order valence-electron chi connectivity index (χ3n) is 2.42. The molecule has 1 aliphatic carbocycles. The summed E-state index contributed by atoms with van der Waals surface area (Å²) in [6.45, 7) is 2.24. The van der Waals surface area contributed by atoms with Crippen LogP contribution in [0.5, 0.6) is 0 Å². The van der Waals surface area contributed by atoms with Crippen molar-refractivity contribution < 1.29 is 0 Å². The molecular formula is C12H14. The first kappa shape index (κ1) is 7.60. The zero-order chi connectivity index (χ0) is 8.39. The molecule has 0 atom stereocenters. The molecule has 1 saturated carbocycles. The van der Waals surface area contributed by atoms with Crippen LogP contribution in [0.3, 0.4) is 0 Å². The molecule has 0 saturated heterocycles. The molecule has 1 aromatic rings. The van der Waals surface area contributed by atoms with Gasteiger partial charge >= 0.3 is 0 Å². The molecule has 12 heavy (non-hydrogen) atoms. The SMILES string of the molecule is CC(=Cc1ccccc1)C1CC1. The van der Waals surface area contributed by atoms with Crippen molar-refractivity contribution in [2.24, 2.45) is 5.92 Å². The Hall–Kier alpha value is -1.04. The van der Waals surface area contributed by atoms with Gasteiger partial charge in [-0.05, 0) is 31.2 Å². The predicted molar refractivity (Wildman–Crippen MR) is 52.8 cm³/mol. The van der Waals surface area contributed by atoms with Gasteiger partial charge in [-0.25, -0.2) is 0 Å². The van der Waals surface area contributed by atoms with Gasteiger partial charge in [-0.3, -0.25) is 0 Å². The molecule has 0 N–H and O–H groups in total. The first-order chi connectivity index (χ1) is 5.86. The number of rotatable bonds is 2. The van der Waals surface area contributed by atoms with Crippen molar-refractivity contribution in [2.45, 2.75) is 19.8 Å². The second-order valence-corrected chi connectivity index (χ2v) is 3.57. The van der Waals surface area contributed by atoms with Gasteiger partial charge in [-0.2, -0.15) is 0 Å². The Labute approximate surface area is 73.9 Å². The smallest absolute Gasteiger partial charge is 0.0202 e. The quantitative estimate of drug-likeness (QED) is 0.618. The lowest BCUT2D eigenvalue weighted by molar-refractivity contribution is 1.02. The number of benzene rings is 1. The van der Waals surface area contributed by atoms with Crippen LogP contribution in [0.15, 0.2) is 35.9 Å². The molecule has 0 spiro atoms. The molecule has 0 nitrogen and oxygen atoms in total. The summed E-state index contributed by atoms with van der Waals surface area (Å²) >= 11 is 0. The van der Waals surface area contributed by atoms with Gasteiger partial charge in [0.25, 0.3) is 0 Å². The van der Waals surface area contributed by atoms with Gasteiger partial charge in [-0.1, -0.05) is 42.0 Å². The van der Waals surface area contributed by atoms with E-state index in [1.807, 2.05) is 0 Å². The van der Waals surface area contributed by atoms with E-state index in [0.29, 0.717) is 0 Å². The highest BCUT2D eigenvalue weighted by Crippen LogP contribution is 2.36. The molecule has 0 heteroatoms. The molecule has 0 heterocycles. The van der Waals surface area contributed by atoms with E-state index in [2.05, 4.69) is 43.3 Å². The van der Waals surface area contributed by atoms with Crippen molar-refractivity contribution in [3.05, 3.63) is 41.5 Å². The Morgan fingerprint density at radius 2 is 1.92 bits per heavy atom. The first-order valence-electron chi connectivity index (χ1n) is 4.59.